The summed E-state index contributed by atoms with van der Waals surface area (Å²) in [6, 6.07) is 0.467. The molecule has 2 heteroatoms. The Hall–Kier alpha value is -0.920. The third-order valence-electron chi connectivity index (χ3n) is 2.14. The quantitative estimate of drug-likeness (QED) is 0.501. The van der Waals surface area contributed by atoms with Gasteiger partial charge in [-0.2, -0.15) is 0 Å². The summed E-state index contributed by atoms with van der Waals surface area (Å²) in [6.07, 6.45) is 4.10. The molecule has 58 valence electrons. The zero-order valence-electron chi connectivity index (χ0n) is 6.96. The smallest absolute Gasteiger partial charge is 0.0803 e. The van der Waals surface area contributed by atoms with Gasteiger partial charge < -0.3 is 0 Å². The van der Waals surface area contributed by atoms with E-state index >= 15 is 0 Å². The molecule has 0 aromatic rings. The van der Waals surface area contributed by atoms with Crippen LogP contribution in [0.15, 0.2) is 21.3 Å². The van der Waals surface area contributed by atoms with Crippen LogP contribution in [-0.2, 0) is 0 Å². The lowest BCUT2D eigenvalue weighted by molar-refractivity contribution is 0.719. The van der Waals surface area contributed by atoms with Gasteiger partial charge in [0.25, 0.3) is 0 Å². The van der Waals surface area contributed by atoms with Gasteiger partial charge >= 0.3 is 0 Å². The molecule has 2 aliphatic heterocycles. The van der Waals surface area contributed by atoms with Gasteiger partial charge in [0.1, 0.15) is 0 Å². The maximum absolute atomic E-state index is 4.39. The summed E-state index contributed by atoms with van der Waals surface area (Å²) in [6.45, 7) is 4.23. The maximum atomic E-state index is 4.39. The molecule has 11 heavy (non-hydrogen) atoms. The first-order valence-corrected chi connectivity index (χ1v) is 4.05. The van der Waals surface area contributed by atoms with E-state index in [0.29, 0.717) is 6.04 Å². The summed E-state index contributed by atoms with van der Waals surface area (Å²) in [5, 5.41) is 0. The van der Waals surface area contributed by atoms with Gasteiger partial charge in [0.2, 0.25) is 0 Å². The third-order valence-corrected chi connectivity index (χ3v) is 2.14. The Labute approximate surface area is 66.7 Å². The van der Waals surface area contributed by atoms with Gasteiger partial charge in [-0.05, 0) is 25.8 Å². The van der Waals surface area contributed by atoms with Crippen molar-refractivity contribution in [1.29, 1.82) is 0 Å². The van der Waals surface area contributed by atoms with Crippen LogP contribution in [-0.4, -0.2) is 18.0 Å². The van der Waals surface area contributed by atoms with Crippen molar-refractivity contribution in [2.75, 3.05) is 0 Å². The van der Waals surface area contributed by atoms with E-state index in [1.807, 2.05) is 6.21 Å². The zero-order valence-corrected chi connectivity index (χ0v) is 6.96. The Kier molecular flexibility index (Phi) is 1.41. The third kappa shape index (κ3) is 1.13. The van der Waals surface area contributed by atoms with E-state index in [9.17, 15) is 0 Å². The number of rotatable bonds is 0. The summed E-state index contributed by atoms with van der Waals surface area (Å²) >= 11 is 0. The molecule has 2 nitrogen and oxygen atoms in total. The SMILES string of the molecule is CC1=NC2=C(C1)CC(C)N=C2. The lowest BCUT2D eigenvalue weighted by Gasteiger charge is -2.11. The number of nitrogens with zero attached hydrogens (tertiary/aromatic N) is 2. The Morgan fingerprint density at radius 1 is 1.55 bits per heavy atom. The summed E-state index contributed by atoms with van der Waals surface area (Å²) in [5.74, 6) is 0. The van der Waals surface area contributed by atoms with Crippen molar-refractivity contribution in [1.82, 2.24) is 0 Å². The molecule has 0 bridgehead atoms. The molecule has 2 rings (SSSR count). The van der Waals surface area contributed by atoms with Crippen molar-refractivity contribution in [3.8, 4) is 0 Å². The molecular formula is C9H12N2. The summed E-state index contributed by atoms with van der Waals surface area (Å²) in [4.78, 5) is 8.71. The zero-order chi connectivity index (χ0) is 7.84. The van der Waals surface area contributed by atoms with E-state index in [0.717, 1.165) is 18.5 Å². The standard InChI is InChI=1S/C9H12N2/c1-6-3-8-4-7(2)11-9(8)5-10-6/h5-6H,3-4H2,1-2H3. The molecule has 0 spiro atoms. The van der Waals surface area contributed by atoms with Crippen molar-refractivity contribution < 1.29 is 0 Å². The fourth-order valence-electron chi connectivity index (χ4n) is 1.63. The minimum Gasteiger partial charge on any atom is -0.288 e. The number of hydrogen-bond donors (Lipinski definition) is 0. The highest BCUT2D eigenvalue weighted by molar-refractivity contribution is 5.95. The lowest BCUT2D eigenvalue weighted by atomic mass is 10.0. The second-order valence-corrected chi connectivity index (χ2v) is 3.34. The van der Waals surface area contributed by atoms with Gasteiger partial charge in [0, 0.05) is 18.3 Å². The van der Waals surface area contributed by atoms with Gasteiger partial charge in [-0.3, -0.25) is 9.98 Å². The van der Waals surface area contributed by atoms with Crippen LogP contribution in [0.3, 0.4) is 0 Å². The second kappa shape index (κ2) is 2.29. The van der Waals surface area contributed by atoms with Gasteiger partial charge in [0.05, 0.1) is 11.7 Å². The molecule has 0 saturated carbocycles. The minimum atomic E-state index is 0.467. The monoisotopic (exact) mass is 148 g/mol. The van der Waals surface area contributed by atoms with E-state index in [4.69, 9.17) is 0 Å². The molecule has 0 saturated heterocycles. The highest BCUT2D eigenvalue weighted by Crippen LogP contribution is 2.26. The first-order chi connectivity index (χ1) is 5.25. The van der Waals surface area contributed by atoms with Crippen LogP contribution in [0.5, 0.6) is 0 Å². The first kappa shape index (κ1) is 6.77. The molecular weight excluding hydrogens is 136 g/mol. The van der Waals surface area contributed by atoms with E-state index in [2.05, 4.69) is 23.8 Å². The molecule has 1 atom stereocenters. The van der Waals surface area contributed by atoms with Crippen LogP contribution < -0.4 is 0 Å². The van der Waals surface area contributed by atoms with Crippen molar-refractivity contribution >= 4 is 11.9 Å². The average Bonchev–Trinajstić information content (AvgIpc) is 2.27. The highest BCUT2D eigenvalue weighted by Gasteiger charge is 2.18. The average molecular weight is 148 g/mol. The van der Waals surface area contributed by atoms with E-state index in [1.165, 1.54) is 11.3 Å². The minimum absolute atomic E-state index is 0.467. The lowest BCUT2D eigenvalue weighted by Crippen LogP contribution is -2.06. The predicted octanol–water partition coefficient (Wildman–Crippen LogP) is 1.97. The number of dihydropyridines is 1. The first-order valence-electron chi connectivity index (χ1n) is 4.05. The second-order valence-electron chi connectivity index (χ2n) is 3.34. The van der Waals surface area contributed by atoms with Gasteiger partial charge in [-0.25, -0.2) is 0 Å². The largest absolute Gasteiger partial charge is 0.288 e. The highest BCUT2D eigenvalue weighted by atomic mass is 14.9. The van der Waals surface area contributed by atoms with Crippen LogP contribution in [0.2, 0.25) is 0 Å². The van der Waals surface area contributed by atoms with Crippen molar-refractivity contribution in [3.63, 3.8) is 0 Å². The number of aliphatic imine (C=N–C) groups is 2. The topological polar surface area (TPSA) is 24.7 Å². The molecule has 0 radical (unpaired) electrons. The Bertz CT molecular complexity index is 271. The maximum Gasteiger partial charge on any atom is 0.0803 e. The predicted molar refractivity (Wildman–Crippen MR) is 47.3 cm³/mol. The van der Waals surface area contributed by atoms with Gasteiger partial charge in [-0.1, -0.05) is 0 Å². The van der Waals surface area contributed by atoms with Crippen LogP contribution in [0.25, 0.3) is 0 Å². The molecule has 0 amide bonds. The molecule has 1 unspecified atom stereocenters. The Morgan fingerprint density at radius 2 is 2.36 bits per heavy atom. The van der Waals surface area contributed by atoms with Crippen LogP contribution in [0.4, 0.5) is 0 Å². The number of allylic oxidation sites excluding steroid dienone is 1. The molecule has 0 N–H and O–H groups in total. The van der Waals surface area contributed by atoms with E-state index in [1.54, 1.807) is 0 Å². The van der Waals surface area contributed by atoms with Crippen LogP contribution in [0.1, 0.15) is 26.7 Å². The molecule has 0 fully saturated rings. The van der Waals surface area contributed by atoms with Crippen molar-refractivity contribution in [2.45, 2.75) is 32.7 Å². The molecule has 0 aliphatic carbocycles. The van der Waals surface area contributed by atoms with Crippen LogP contribution in [0, 0.1) is 0 Å². The van der Waals surface area contributed by atoms with Crippen LogP contribution >= 0.6 is 0 Å². The molecule has 0 aromatic carbocycles. The Balaban J connectivity index is 2.26. The van der Waals surface area contributed by atoms with Crippen molar-refractivity contribution in [2.24, 2.45) is 9.98 Å². The molecule has 0 aromatic heterocycles. The Morgan fingerprint density at radius 3 is 3.18 bits per heavy atom. The normalized spacial score (nSPS) is 28.9. The van der Waals surface area contributed by atoms with E-state index in [-0.39, 0.29) is 0 Å². The summed E-state index contributed by atoms with van der Waals surface area (Å²) < 4.78 is 0. The van der Waals surface area contributed by atoms with E-state index < -0.39 is 0 Å². The molecule has 2 aliphatic rings. The summed E-state index contributed by atoms with van der Waals surface area (Å²) in [5.41, 5.74) is 3.83. The van der Waals surface area contributed by atoms with Crippen molar-refractivity contribution in [3.05, 3.63) is 11.3 Å². The fraction of sp³-hybridized carbons (Fsp3) is 0.556. The molecule has 2 heterocycles. The number of hydrogen-bond acceptors (Lipinski definition) is 2. The van der Waals surface area contributed by atoms with Gasteiger partial charge in [0.15, 0.2) is 0 Å². The summed E-state index contributed by atoms with van der Waals surface area (Å²) in [7, 11) is 0. The van der Waals surface area contributed by atoms with Gasteiger partial charge in [-0.15, -0.1) is 0 Å². The fourth-order valence-corrected chi connectivity index (χ4v) is 1.63.